The maximum absolute atomic E-state index is 4.78. The van der Waals surface area contributed by atoms with Gasteiger partial charge in [-0.05, 0) is 45.2 Å². The Hall–Kier alpha value is -0.410. The van der Waals surface area contributed by atoms with Gasteiger partial charge in [0.2, 0.25) is 0 Å². The largest absolute Gasteiger partial charge is 0.357 e. The number of guanidine groups is 1. The zero-order valence-corrected chi connectivity index (χ0v) is 19.7. The normalized spacial score (nSPS) is 16.8. The molecule has 5 nitrogen and oxygen atoms in total. The van der Waals surface area contributed by atoms with Crippen LogP contribution in [-0.2, 0) is 12.8 Å². The lowest BCUT2D eigenvalue weighted by molar-refractivity contribution is 0.203. The Kier molecular flexibility index (Phi) is 12.5. The van der Waals surface area contributed by atoms with Crippen LogP contribution in [0.3, 0.4) is 0 Å². The van der Waals surface area contributed by atoms with E-state index in [1.54, 1.807) is 0 Å². The number of aliphatic imine (C=N–C) groups is 1. The highest BCUT2D eigenvalue weighted by Crippen LogP contribution is 2.13. The van der Waals surface area contributed by atoms with Gasteiger partial charge in [-0.3, -0.25) is 4.99 Å². The first-order valence-electron chi connectivity index (χ1n) is 9.89. The van der Waals surface area contributed by atoms with Gasteiger partial charge in [0.05, 0.1) is 5.01 Å². The highest BCUT2D eigenvalue weighted by molar-refractivity contribution is 14.0. The second-order valence-corrected chi connectivity index (χ2v) is 8.14. The molecule has 150 valence electrons. The van der Waals surface area contributed by atoms with E-state index < -0.39 is 0 Å². The quantitative estimate of drug-likeness (QED) is 0.314. The van der Waals surface area contributed by atoms with Crippen molar-refractivity contribution in [3.63, 3.8) is 0 Å². The number of piperidine rings is 1. The highest BCUT2D eigenvalue weighted by Gasteiger charge is 2.13. The summed E-state index contributed by atoms with van der Waals surface area (Å²) in [4.78, 5) is 13.2. The summed E-state index contributed by atoms with van der Waals surface area (Å²) in [6, 6.07) is 0. The minimum Gasteiger partial charge on any atom is -0.357 e. The lowest BCUT2D eigenvalue weighted by atomic mass is 10.1. The number of aryl methyl sites for hydroxylation is 1. The molecule has 2 N–H and O–H groups in total. The average molecular weight is 494 g/mol. The fourth-order valence-corrected chi connectivity index (χ4v) is 4.01. The number of nitrogens with zero attached hydrogens (tertiary/aromatic N) is 3. The minimum atomic E-state index is 0. The van der Waals surface area contributed by atoms with Crippen molar-refractivity contribution in [3.8, 4) is 0 Å². The van der Waals surface area contributed by atoms with Crippen LogP contribution in [0, 0.1) is 5.92 Å². The summed E-state index contributed by atoms with van der Waals surface area (Å²) in [5, 5.41) is 8.01. The standard InChI is InChI=1S/C19H35N5S.HI/c1-4-17-14-22-18(25-17)9-10-21-19(20-5-2)23-13-16(3)15-24-11-7-6-8-12-24;/h14,16H,4-13,15H2,1-3H3,(H2,20,21,23);1H. The third-order valence-corrected chi connectivity index (χ3v) is 5.71. The smallest absolute Gasteiger partial charge is 0.191 e. The molecule has 0 bridgehead atoms. The summed E-state index contributed by atoms with van der Waals surface area (Å²) >= 11 is 1.82. The Balaban J connectivity index is 0.00000338. The first-order chi connectivity index (χ1) is 12.2. The molecule has 1 fully saturated rings. The fraction of sp³-hybridized carbons (Fsp3) is 0.789. The Morgan fingerprint density at radius 2 is 2.04 bits per heavy atom. The summed E-state index contributed by atoms with van der Waals surface area (Å²) in [6.07, 6.45) is 8.15. The summed E-state index contributed by atoms with van der Waals surface area (Å²) in [5.41, 5.74) is 0. The van der Waals surface area contributed by atoms with Gasteiger partial charge >= 0.3 is 0 Å². The Morgan fingerprint density at radius 3 is 2.69 bits per heavy atom. The van der Waals surface area contributed by atoms with E-state index in [4.69, 9.17) is 4.99 Å². The van der Waals surface area contributed by atoms with Gasteiger partial charge in [-0.25, -0.2) is 4.98 Å². The number of aromatic nitrogens is 1. The molecular formula is C19H36IN5S. The predicted molar refractivity (Wildman–Crippen MR) is 124 cm³/mol. The monoisotopic (exact) mass is 493 g/mol. The predicted octanol–water partition coefficient (Wildman–Crippen LogP) is 3.54. The summed E-state index contributed by atoms with van der Waals surface area (Å²) < 4.78 is 0. The van der Waals surface area contributed by atoms with Crippen molar-refractivity contribution >= 4 is 41.3 Å². The van der Waals surface area contributed by atoms with Crippen molar-refractivity contribution in [1.82, 2.24) is 20.5 Å². The molecule has 1 unspecified atom stereocenters. The molecule has 0 aliphatic carbocycles. The van der Waals surface area contributed by atoms with Crippen molar-refractivity contribution in [2.75, 3.05) is 39.3 Å². The van der Waals surface area contributed by atoms with Crippen molar-refractivity contribution in [2.45, 2.75) is 52.9 Å². The van der Waals surface area contributed by atoms with Crippen LogP contribution in [0.15, 0.2) is 11.2 Å². The van der Waals surface area contributed by atoms with E-state index in [1.807, 2.05) is 17.5 Å². The van der Waals surface area contributed by atoms with E-state index in [1.165, 1.54) is 48.8 Å². The van der Waals surface area contributed by atoms with Gasteiger partial charge in [-0.15, -0.1) is 35.3 Å². The molecule has 1 saturated heterocycles. The van der Waals surface area contributed by atoms with Crippen LogP contribution in [0.2, 0.25) is 0 Å². The van der Waals surface area contributed by atoms with Crippen LogP contribution in [-0.4, -0.2) is 55.1 Å². The Morgan fingerprint density at radius 1 is 1.27 bits per heavy atom. The Bertz CT molecular complexity index is 514. The number of halogens is 1. The maximum atomic E-state index is 4.78. The number of rotatable bonds is 9. The lowest BCUT2D eigenvalue weighted by Gasteiger charge is -2.28. The topological polar surface area (TPSA) is 52.6 Å². The second-order valence-electron chi connectivity index (χ2n) is 6.94. The van der Waals surface area contributed by atoms with Gasteiger partial charge in [0, 0.05) is 43.7 Å². The first kappa shape index (κ1) is 23.6. The van der Waals surface area contributed by atoms with Crippen LogP contribution in [0.25, 0.3) is 0 Å². The van der Waals surface area contributed by atoms with E-state index >= 15 is 0 Å². The van der Waals surface area contributed by atoms with Crippen molar-refractivity contribution in [1.29, 1.82) is 0 Å². The molecule has 2 rings (SSSR count). The molecule has 1 aliphatic rings. The zero-order valence-electron chi connectivity index (χ0n) is 16.6. The molecule has 0 spiro atoms. The number of hydrogen-bond donors (Lipinski definition) is 2. The number of nitrogens with one attached hydrogen (secondary N) is 2. The molecule has 1 aromatic heterocycles. The van der Waals surface area contributed by atoms with Gasteiger partial charge in [0.15, 0.2) is 5.96 Å². The van der Waals surface area contributed by atoms with Gasteiger partial charge < -0.3 is 15.5 Å². The number of hydrogen-bond acceptors (Lipinski definition) is 4. The summed E-state index contributed by atoms with van der Waals surface area (Å²) in [6.45, 7) is 12.9. The van der Waals surface area contributed by atoms with Gasteiger partial charge in [-0.2, -0.15) is 0 Å². The lowest BCUT2D eigenvalue weighted by Crippen LogP contribution is -2.39. The van der Waals surface area contributed by atoms with E-state index in [0.717, 1.165) is 38.4 Å². The SMILES string of the molecule is CCNC(=NCC(C)CN1CCCCC1)NCCc1ncc(CC)s1.I. The molecule has 0 aromatic carbocycles. The number of likely N-dealkylation sites (tertiary alicyclic amines) is 1. The first-order valence-corrected chi connectivity index (χ1v) is 10.7. The van der Waals surface area contributed by atoms with E-state index in [9.17, 15) is 0 Å². The van der Waals surface area contributed by atoms with Crippen molar-refractivity contribution < 1.29 is 0 Å². The van der Waals surface area contributed by atoms with Crippen LogP contribution in [0.1, 0.15) is 49.9 Å². The average Bonchev–Trinajstić information content (AvgIpc) is 3.08. The number of thiazole rings is 1. The van der Waals surface area contributed by atoms with E-state index in [-0.39, 0.29) is 24.0 Å². The van der Waals surface area contributed by atoms with Gasteiger partial charge in [-0.1, -0.05) is 20.3 Å². The van der Waals surface area contributed by atoms with Crippen LogP contribution < -0.4 is 10.6 Å². The summed E-state index contributed by atoms with van der Waals surface area (Å²) in [7, 11) is 0. The third-order valence-electron chi connectivity index (χ3n) is 4.51. The molecular weight excluding hydrogens is 457 g/mol. The third kappa shape index (κ3) is 8.99. The van der Waals surface area contributed by atoms with Crippen molar-refractivity contribution in [2.24, 2.45) is 10.9 Å². The molecule has 2 heterocycles. The van der Waals surface area contributed by atoms with Gasteiger partial charge in [0.1, 0.15) is 0 Å². The maximum Gasteiger partial charge on any atom is 0.191 e. The molecule has 0 saturated carbocycles. The van der Waals surface area contributed by atoms with Crippen LogP contribution >= 0.6 is 35.3 Å². The van der Waals surface area contributed by atoms with E-state index in [0.29, 0.717) is 5.92 Å². The van der Waals surface area contributed by atoms with Crippen molar-refractivity contribution in [3.05, 3.63) is 16.1 Å². The highest BCUT2D eigenvalue weighted by atomic mass is 127. The fourth-order valence-electron chi connectivity index (χ4n) is 3.14. The zero-order chi connectivity index (χ0) is 17.9. The Labute approximate surface area is 180 Å². The summed E-state index contributed by atoms with van der Waals surface area (Å²) in [5.74, 6) is 1.53. The molecule has 1 atom stereocenters. The molecule has 1 aliphatic heterocycles. The molecule has 1 aromatic rings. The second kappa shape index (κ2) is 13.7. The molecule has 0 amide bonds. The minimum absolute atomic E-state index is 0. The molecule has 7 heteroatoms. The molecule has 26 heavy (non-hydrogen) atoms. The van der Waals surface area contributed by atoms with Gasteiger partial charge in [0.25, 0.3) is 0 Å². The molecule has 0 radical (unpaired) electrons. The van der Waals surface area contributed by atoms with Crippen LogP contribution in [0.4, 0.5) is 0 Å². The van der Waals surface area contributed by atoms with E-state index in [2.05, 4.69) is 41.3 Å². The van der Waals surface area contributed by atoms with Crippen LogP contribution in [0.5, 0.6) is 0 Å².